The van der Waals surface area contributed by atoms with E-state index in [1.807, 2.05) is 0 Å². The van der Waals surface area contributed by atoms with Crippen LogP contribution in [0.3, 0.4) is 0 Å². The highest BCUT2D eigenvalue weighted by Gasteiger charge is 2.27. The molecule has 1 saturated carbocycles. The zero-order chi connectivity index (χ0) is 14.0. The van der Waals surface area contributed by atoms with Gasteiger partial charge in [0.05, 0.1) is 0 Å². The van der Waals surface area contributed by atoms with Gasteiger partial charge < -0.3 is 15.0 Å². The summed E-state index contributed by atoms with van der Waals surface area (Å²) in [5.74, 6) is -1.73. The number of rotatable bonds is 5. The largest absolute Gasteiger partial charge is 0.480 e. The number of hydrogen-bond donors (Lipinski definition) is 2. The van der Waals surface area contributed by atoms with Crippen LogP contribution in [-0.2, 0) is 4.79 Å². The maximum Gasteiger partial charge on any atom is 0.326 e. The molecular formula is C13H16N2O4. The van der Waals surface area contributed by atoms with Gasteiger partial charge in [0, 0.05) is 12.2 Å². The number of hydrogen-bond acceptors (Lipinski definition) is 3. The predicted octanol–water partition coefficient (Wildman–Crippen LogP) is 0.776. The lowest BCUT2D eigenvalue weighted by Gasteiger charge is -2.12. The van der Waals surface area contributed by atoms with Gasteiger partial charge in [0.25, 0.3) is 11.5 Å². The highest BCUT2D eigenvalue weighted by Crippen LogP contribution is 2.33. The third kappa shape index (κ3) is 2.83. The summed E-state index contributed by atoms with van der Waals surface area (Å²) < 4.78 is 1.54. The van der Waals surface area contributed by atoms with Crippen LogP contribution in [0.2, 0.25) is 0 Å². The van der Waals surface area contributed by atoms with Crippen LogP contribution in [0.5, 0.6) is 0 Å². The van der Waals surface area contributed by atoms with Gasteiger partial charge in [-0.3, -0.25) is 9.59 Å². The number of aliphatic carboxylic acids is 1. The van der Waals surface area contributed by atoms with E-state index in [-0.39, 0.29) is 23.6 Å². The van der Waals surface area contributed by atoms with Crippen LogP contribution in [0.25, 0.3) is 0 Å². The van der Waals surface area contributed by atoms with E-state index >= 15 is 0 Å². The van der Waals surface area contributed by atoms with E-state index in [4.69, 9.17) is 5.11 Å². The summed E-state index contributed by atoms with van der Waals surface area (Å²) in [6, 6.07) is 2.27. The number of carboxylic acids is 1. The molecule has 2 rings (SSSR count). The highest BCUT2D eigenvalue weighted by atomic mass is 16.4. The Morgan fingerprint density at radius 3 is 2.74 bits per heavy atom. The van der Waals surface area contributed by atoms with E-state index in [0.29, 0.717) is 0 Å². The first-order valence-corrected chi connectivity index (χ1v) is 6.29. The normalized spacial score (nSPS) is 15.8. The summed E-state index contributed by atoms with van der Waals surface area (Å²) in [7, 11) is 0. The smallest absolute Gasteiger partial charge is 0.326 e. The van der Waals surface area contributed by atoms with E-state index < -0.39 is 17.9 Å². The van der Waals surface area contributed by atoms with Crippen molar-refractivity contribution in [3.63, 3.8) is 0 Å². The molecule has 2 N–H and O–H groups in total. The lowest BCUT2D eigenvalue weighted by molar-refractivity contribution is -0.139. The van der Waals surface area contributed by atoms with Crippen LogP contribution in [0.15, 0.2) is 23.1 Å². The topological polar surface area (TPSA) is 88.4 Å². The molecule has 19 heavy (non-hydrogen) atoms. The summed E-state index contributed by atoms with van der Waals surface area (Å²) in [5, 5.41) is 11.3. The lowest BCUT2D eigenvalue weighted by Crippen LogP contribution is -2.42. The molecule has 0 aliphatic heterocycles. The number of nitrogens with zero attached hydrogens (tertiary/aromatic N) is 1. The SMILES string of the molecule is CC[C@@H](NC(=O)c1cccn(C2CC2)c1=O)C(=O)O. The zero-order valence-corrected chi connectivity index (χ0v) is 10.6. The molecule has 1 fully saturated rings. The second kappa shape index (κ2) is 5.26. The number of carbonyl (C=O) groups excluding carboxylic acids is 1. The fourth-order valence-electron chi connectivity index (χ4n) is 1.90. The molecule has 1 aromatic heterocycles. The van der Waals surface area contributed by atoms with E-state index in [1.165, 1.54) is 10.6 Å². The molecule has 0 bridgehead atoms. The molecule has 0 unspecified atom stereocenters. The molecule has 1 atom stereocenters. The Kier molecular flexibility index (Phi) is 3.69. The van der Waals surface area contributed by atoms with Crippen LogP contribution in [-0.4, -0.2) is 27.6 Å². The average Bonchev–Trinajstić information content (AvgIpc) is 3.19. The van der Waals surface area contributed by atoms with Crippen molar-refractivity contribution in [1.82, 2.24) is 9.88 Å². The van der Waals surface area contributed by atoms with Crippen molar-refractivity contribution in [2.45, 2.75) is 38.3 Å². The molecule has 1 aliphatic carbocycles. The van der Waals surface area contributed by atoms with Crippen LogP contribution in [0, 0.1) is 0 Å². The fourth-order valence-corrected chi connectivity index (χ4v) is 1.90. The second-order valence-corrected chi connectivity index (χ2v) is 4.64. The summed E-state index contributed by atoms with van der Waals surface area (Å²) in [6.45, 7) is 1.66. The third-order valence-electron chi connectivity index (χ3n) is 3.17. The summed E-state index contributed by atoms with van der Waals surface area (Å²) >= 11 is 0. The number of amides is 1. The number of aromatic nitrogens is 1. The van der Waals surface area contributed by atoms with Gasteiger partial charge in [-0.1, -0.05) is 6.92 Å². The monoisotopic (exact) mass is 264 g/mol. The molecular weight excluding hydrogens is 248 g/mol. The predicted molar refractivity (Wildman–Crippen MR) is 68.2 cm³/mol. The van der Waals surface area contributed by atoms with E-state index in [0.717, 1.165) is 12.8 Å². The Hall–Kier alpha value is -2.11. The molecule has 0 spiro atoms. The molecule has 1 amide bonds. The first-order chi connectivity index (χ1) is 9.04. The Morgan fingerprint density at radius 1 is 1.53 bits per heavy atom. The van der Waals surface area contributed by atoms with E-state index in [9.17, 15) is 14.4 Å². The van der Waals surface area contributed by atoms with Crippen LogP contribution < -0.4 is 10.9 Å². The Bertz CT molecular complexity index is 560. The van der Waals surface area contributed by atoms with Crippen molar-refractivity contribution in [1.29, 1.82) is 0 Å². The summed E-state index contributed by atoms with van der Waals surface area (Å²) in [5.41, 5.74) is -0.364. The molecule has 6 heteroatoms. The minimum Gasteiger partial charge on any atom is -0.480 e. The van der Waals surface area contributed by atoms with Gasteiger partial charge in [0.15, 0.2) is 0 Å². The maximum absolute atomic E-state index is 12.1. The molecule has 0 saturated heterocycles. The summed E-state index contributed by atoms with van der Waals surface area (Å²) in [4.78, 5) is 34.9. The van der Waals surface area contributed by atoms with Crippen LogP contribution >= 0.6 is 0 Å². The first-order valence-electron chi connectivity index (χ1n) is 6.29. The summed E-state index contributed by atoms with van der Waals surface area (Å²) in [6.07, 6.45) is 3.81. The standard InChI is InChI=1S/C13H16N2O4/c1-2-10(13(18)19)14-11(16)9-4-3-7-15(12(9)17)8-5-6-8/h3-4,7-8,10H,2,5-6H2,1H3,(H,14,16)(H,18,19)/t10-/m1/s1. The average molecular weight is 264 g/mol. The van der Waals surface area contributed by atoms with Crippen molar-refractivity contribution in [2.24, 2.45) is 0 Å². The fraction of sp³-hybridized carbons (Fsp3) is 0.462. The number of nitrogens with one attached hydrogen (secondary N) is 1. The zero-order valence-electron chi connectivity index (χ0n) is 10.6. The minimum atomic E-state index is -1.10. The van der Waals surface area contributed by atoms with E-state index in [1.54, 1.807) is 19.2 Å². The van der Waals surface area contributed by atoms with Gasteiger partial charge in [-0.15, -0.1) is 0 Å². The Morgan fingerprint density at radius 2 is 2.21 bits per heavy atom. The van der Waals surface area contributed by atoms with Gasteiger partial charge in [0.2, 0.25) is 0 Å². The quantitative estimate of drug-likeness (QED) is 0.822. The van der Waals surface area contributed by atoms with Gasteiger partial charge in [-0.05, 0) is 31.4 Å². The van der Waals surface area contributed by atoms with Crippen molar-refractivity contribution < 1.29 is 14.7 Å². The number of carbonyl (C=O) groups is 2. The van der Waals surface area contributed by atoms with Crippen LogP contribution in [0.4, 0.5) is 0 Å². The lowest BCUT2D eigenvalue weighted by atomic mass is 10.2. The minimum absolute atomic E-state index is 0.00546. The maximum atomic E-state index is 12.1. The van der Waals surface area contributed by atoms with Crippen molar-refractivity contribution >= 4 is 11.9 Å². The van der Waals surface area contributed by atoms with E-state index in [2.05, 4.69) is 5.32 Å². The Balaban J connectivity index is 2.22. The second-order valence-electron chi connectivity index (χ2n) is 4.64. The van der Waals surface area contributed by atoms with Crippen LogP contribution in [0.1, 0.15) is 42.6 Å². The number of pyridine rings is 1. The third-order valence-corrected chi connectivity index (χ3v) is 3.17. The van der Waals surface area contributed by atoms with Gasteiger partial charge in [-0.2, -0.15) is 0 Å². The van der Waals surface area contributed by atoms with Gasteiger partial charge in [0.1, 0.15) is 11.6 Å². The van der Waals surface area contributed by atoms with Crippen molar-refractivity contribution in [2.75, 3.05) is 0 Å². The van der Waals surface area contributed by atoms with Gasteiger partial charge >= 0.3 is 5.97 Å². The molecule has 0 aromatic carbocycles. The first kappa shape index (κ1) is 13.3. The number of carboxylic acid groups (broad SMARTS) is 1. The highest BCUT2D eigenvalue weighted by molar-refractivity contribution is 5.96. The molecule has 1 aromatic rings. The molecule has 1 heterocycles. The van der Waals surface area contributed by atoms with Crippen molar-refractivity contribution in [3.05, 3.63) is 34.2 Å². The van der Waals surface area contributed by atoms with Crippen molar-refractivity contribution in [3.8, 4) is 0 Å². The Labute approximate surface area is 110 Å². The van der Waals surface area contributed by atoms with Gasteiger partial charge in [-0.25, -0.2) is 4.79 Å². The molecule has 102 valence electrons. The molecule has 6 nitrogen and oxygen atoms in total. The molecule has 0 radical (unpaired) electrons. The molecule has 1 aliphatic rings.